The highest BCUT2D eigenvalue weighted by Gasteiger charge is 2.39. The smallest absolute Gasteiger partial charge is 0.253 e. The van der Waals surface area contributed by atoms with Gasteiger partial charge in [-0.25, -0.2) is 0 Å². The average molecular weight is 519 g/mol. The molecule has 6 heteroatoms. The van der Waals surface area contributed by atoms with Crippen molar-refractivity contribution in [3.63, 3.8) is 0 Å². The molecule has 3 heterocycles. The van der Waals surface area contributed by atoms with Crippen LogP contribution in [-0.4, -0.2) is 61.8 Å². The number of benzene rings is 2. The van der Waals surface area contributed by atoms with Gasteiger partial charge in [-0.1, -0.05) is 26.0 Å². The molecule has 1 amide bonds. The zero-order chi connectivity index (χ0) is 26.3. The second kappa shape index (κ2) is 10.4. The lowest BCUT2D eigenvalue weighted by molar-refractivity contribution is 0.0415. The maximum absolute atomic E-state index is 13.2. The van der Waals surface area contributed by atoms with Crippen molar-refractivity contribution in [2.75, 3.05) is 40.1 Å². The van der Waals surface area contributed by atoms with E-state index < -0.39 is 0 Å². The highest BCUT2D eigenvalue weighted by atomic mass is 16.7. The van der Waals surface area contributed by atoms with Gasteiger partial charge in [-0.3, -0.25) is 4.79 Å². The fraction of sp³-hybridized carbons (Fsp3) is 0.594. The Balaban J connectivity index is 0.997. The monoisotopic (exact) mass is 518 g/mol. The molecule has 6 rings (SSSR count). The highest BCUT2D eigenvalue weighted by molar-refractivity contribution is 5.95. The van der Waals surface area contributed by atoms with Crippen molar-refractivity contribution < 1.29 is 19.0 Å². The van der Waals surface area contributed by atoms with Crippen LogP contribution in [-0.2, 0) is 6.42 Å². The minimum Gasteiger partial charge on any atom is -0.493 e. The van der Waals surface area contributed by atoms with Crippen molar-refractivity contribution in [3.8, 4) is 17.2 Å². The molecule has 1 saturated carbocycles. The maximum atomic E-state index is 13.2. The van der Waals surface area contributed by atoms with E-state index in [9.17, 15) is 4.79 Å². The van der Waals surface area contributed by atoms with Gasteiger partial charge in [0.1, 0.15) is 5.75 Å². The molecule has 0 aromatic heterocycles. The van der Waals surface area contributed by atoms with Crippen molar-refractivity contribution in [2.45, 2.75) is 70.8 Å². The van der Waals surface area contributed by atoms with Crippen LogP contribution < -0.4 is 14.2 Å². The normalized spacial score (nSPS) is 26.0. The van der Waals surface area contributed by atoms with E-state index in [-0.39, 0.29) is 12.7 Å². The van der Waals surface area contributed by atoms with Gasteiger partial charge in [0, 0.05) is 37.2 Å². The molecule has 1 unspecified atom stereocenters. The quantitative estimate of drug-likeness (QED) is 0.478. The zero-order valence-electron chi connectivity index (χ0n) is 23.2. The number of piperidine rings is 1. The van der Waals surface area contributed by atoms with Crippen LogP contribution in [0.15, 0.2) is 36.4 Å². The van der Waals surface area contributed by atoms with Crippen LogP contribution in [0.2, 0.25) is 0 Å². The van der Waals surface area contributed by atoms with Gasteiger partial charge in [0.2, 0.25) is 6.79 Å². The van der Waals surface area contributed by atoms with Crippen LogP contribution in [0.25, 0.3) is 0 Å². The second-order valence-electron chi connectivity index (χ2n) is 12.3. The highest BCUT2D eigenvalue weighted by Crippen LogP contribution is 2.44. The van der Waals surface area contributed by atoms with Gasteiger partial charge in [0.05, 0.1) is 6.61 Å². The van der Waals surface area contributed by atoms with Crippen molar-refractivity contribution in [1.82, 2.24) is 9.80 Å². The molecule has 4 aliphatic rings. The number of likely N-dealkylation sites (tertiary alicyclic amines) is 1. The molecule has 2 aromatic carbocycles. The molecule has 2 aromatic rings. The molecule has 204 valence electrons. The van der Waals surface area contributed by atoms with E-state index in [1.54, 1.807) is 0 Å². The molecular formula is C32H42N2O4. The Bertz CT molecular complexity index is 1160. The summed E-state index contributed by atoms with van der Waals surface area (Å²) in [5.74, 6) is 3.88. The number of fused-ring (bicyclic) bond motifs is 2. The summed E-state index contributed by atoms with van der Waals surface area (Å²) in [5.41, 5.74) is 4.01. The van der Waals surface area contributed by atoms with E-state index >= 15 is 0 Å². The van der Waals surface area contributed by atoms with E-state index in [1.165, 1.54) is 56.4 Å². The van der Waals surface area contributed by atoms with Crippen LogP contribution >= 0.6 is 0 Å². The molecule has 3 aliphatic heterocycles. The summed E-state index contributed by atoms with van der Waals surface area (Å²) in [5, 5.41) is 0. The van der Waals surface area contributed by atoms with Gasteiger partial charge in [-0.2, -0.15) is 0 Å². The Morgan fingerprint density at radius 2 is 1.79 bits per heavy atom. The fourth-order valence-corrected chi connectivity index (χ4v) is 7.21. The minimum atomic E-state index is 0.0726. The number of carbonyl (C=O) groups is 1. The standard InChI is InChI=1S/C32H42N2O4/c1-22(20-34-16-11-23(12-17-34)26-5-4-6-28-27(26)13-18-36-28)32(2)14-9-25(10-15-32)33(3)31(35)24-7-8-29-30(19-24)38-21-37-29/h4-8,19,22-23,25H,9-18,20-21H2,1-3H3. The fourth-order valence-electron chi connectivity index (χ4n) is 7.21. The summed E-state index contributed by atoms with van der Waals surface area (Å²) in [6.45, 7) is 9.55. The number of nitrogens with zero attached hydrogens (tertiary/aromatic N) is 2. The first-order valence-electron chi connectivity index (χ1n) is 14.5. The van der Waals surface area contributed by atoms with Gasteiger partial charge >= 0.3 is 0 Å². The summed E-state index contributed by atoms with van der Waals surface area (Å²) in [6.07, 6.45) is 8.03. The zero-order valence-corrected chi connectivity index (χ0v) is 23.2. The molecule has 1 aliphatic carbocycles. The van der Waals surface area contributed by atoms with Gasteiger partial charge in [-0.15, -0.1) is 0 Å². The number of rotatable bonds is 6. The van der Waals surface area contributed by atoms with Crippen LogP contribution in [0.1, 0.15) is 79.8 Å². The maximum Gasteiger partial charge on any atom is 0.253 e. The minimum absolute atomic E-state index is 0.0726. The summed E-state index contributed by atoms with van der Waals surface area (Å²) in [6, 6.07) is 12.4. The number of hydrogen-bond acceptors (Lipinski definition) is 5. The van der Waals surface area contributed by atoms with Crippen molar-refractivity contribution >= 4 is 5.91 Å². The summed E-state index contributed by atoms with van der Waals surface area (Å²) < 4.78 is 16.7. The number of hydrogen-bond donors (Lipinski definition) is 0. The Labute approximate surface area is 227 Å². The summed E-state index contributed by atoms with van der Waals surface area (Å²) >= 11 is 0. The first-order valence-corrected chi connectivity index (χ1v) is 14.5. The molecule has 0 spiro atoms. The van der Waals surface area contributed by atoms with Crippen LogP contribution in [0.4, 0.5) is 0 Å². The van der Waals surface area contributed by atoms with Crippen LogP contribution in [0.5, 0.6) is 17.2 Å². The predicted octanol–water partition coefficient (Wildman–Crippen LogP) is 5.89. The average Bonchev–Trinajstić information content (AvgIpc) is 3.62. The summed E-state index contributed by atoms with van der Waals surface area (Å²) in [4.78, 5) is 17.9. The van der Waals surface area contributed by atoms with E-state index in [4.69, 9.17) is 14.2 Å². The lowest BCUT2D eigenvalue weighted by atomic mass is 9.66. The van der Waals surface area contributed by atoms with Gasteiger partial charge in [0.15, 0.2) is 11.5 Å². The SMILES string of the molecule is CC(CN1CCC(c2cccc3c2CCO3)CC1)C1(C)CCC(N(C)C(=O)c2ccc3c(c2)OCO3)CC1. The predicted molar refractivity (Wildman–Crippen MR) is 148 cm³/mol. The molecule has 0 bridgehead atoms. The molecule has 38 heavy (non-hydrogen) atoms. The van der Waals surface area contributed by atoms with Crippen LogP contribution in [0.3, 0.4) is 0 Å². The molecule has 0 N–H and O–H groups in total. The largest absolute Gasteiger partial charge is 0.493 e. The van der Waals surface area contributed by atoms with Gasteiger partial charge in [-0.05, 0) is 98.7 Å². The Hall–Kier alpha value is -2.73. The van der Waals surface area contributed by atoms with Crippen molar-refractivity contribution in [3.05, 3.63) is 53.1 Å². The van der Waals surface area contributed by atoms with E-state index in [0.717, 1.165) is 31.6 Å². The third kappa shape index (κ3) is 4.88. The molecule has 2 fully saturated rings. The Kier molecular flexibility index (Phi) is 7.02. The number of carbonyl (C=O) groups excluding carboxylic acids is 1. The molecule has 1 saturated heterocycles. The number of amides is 1. The third-order valence-corrected chi connectivity index (χ3v) is 10.1. The summed E-state index contributed by atoms with van der Waals surface area (Å²) in [7, 11) is 1.96. The molecule has 6 nitrogen and oxygen atoms in total. The molecule has 0 radical (unpaired) electrons. The van der Waals surface area contributed by atoms with Gasteiger partial charge < -0.3 is 24.0 Å². The lowest BCUT2D eigenvalue weighted by Gasteiger charge is -2.46. The lowest BCUT2D eigenvalue weighted by Crippen LogP contribution is -2.45. The Morgan fingerprint density at radius 3 is 2.58 bits per heavy atom. The Morgan fingerprint density at radius 1 is 1.03 bits per heavy atom. The third-order valence-electron chi connectivity index (χ3n) is 10.1. The molecule has 1 atom stereocenters. The van der Waals surface area contributed by atoms with Crippen LogP contribution in [0, 0.1) is 11.3 Å². The van der Waals surface area contributed by atoms with E-state index in [2.05, 4.69) is 36.9 Å². The molecular weight excluding hydrogens is 476 g/mol. The van der Waals surface area contributed by atoms with E-state index in [1.807, 2.05) is 30.1 Å². The first-order chi connectivity index (χ1) is 18.4. The number of ether oxygens (including phenoxy) is 3. The van der Waals surface area contributed by atoms with Crippen molar-refractivity contribution in [1.29, 1.82) is 0 Å². The van der Waals surface area contributed by atoms with Gasteiger partial charge in [0.25, 0.3) is 5.91 Å². The van der Waals surface area contributed by atoms with E-state index in [0.29, 0.717) is 40.4 Å². The topological polar surface area (TPSA) is 51.2 Å². The second-order valence-corrected chi connectivity index (χ2v) is 12.3. The first kappa shape index (κ1) is 25.5. The van der Waals surface area contributed by atoms with Crippen molar-refractivity contribution in [2.24, 2.45) is 11.3 Å².